The third kappa shape index (κ3) is 5.71. The molecule has 0 aliphatic rings. The van der Waals surface area contributed by atoms with Crippen molar-refractivity contribution < 1.29 is 23.4 Å². The number of carbonyl (C=O) groups is 1. The monoisotopic (exact) mass is 506 g/mol. The summed E-state index contributed by atoms with van der Waals surface area (Å²) in [6.45, 7) is 7.27. The average molecular weight is 507 g/mol. The Bertz CT molecular complexity index is 1400. The topological polar surface area (TPSA) is 112 Å². The van der Waals surface area contributed by atoms with Crippen LogP contribution in [0.4, 0.5) is 10.3 Å². The lowest BCUT2D eigenvalue weighted by Gasteiger charge is -2.21. The number of hydrogen-bond donors (Lipinski definition) is 0. The van der Waals surface area contributed by atoms with Crippen molar-refractivity contribution in [3.63, 3.8) is 0 Å². The van der Waals surface area contributed by atoms with Gasteiger partial charge in [0.05, 0.1) is 25.8 Å². The van der Waals surface area contributed by atoms with E-state index >= 15 is 0 Å². The van der Waals surface area contributed by atoms with Gasteiger partial charge in [0.15, 0.2) is 5.82 Å². The van der Waals surface area contributed by atoms with E-state index in [0.717, 1.165) is 11.1 Å². The highest BCUT2D eigenvalue weighted by molar-refractivity contribution is 5.91. The number of ether oxygens (including phenoxy) is 3. The number of likely N-dealkylation sites (N-methyl/N-ethyl adjacent to an activating group) is 1. The smallest absolute Gasteiger partial charge is 0.341 e. The van der Waals surface area contributed by atoms with Crippen LogP contribution >= 0.6 is 0 Å². The molecule has 0 saturated heterocycles. The van der Waals surface area contributed by atoms with Crippen LogP contribution < -0.4 is 14.4 Å². The van der Waals surface area contributed by atoms with Gasteiger partial charge in [0.2, 0.25) is 11.8 Å². The van der Waals surface area contributed by atoms with Crippen molar-refractivity contribution in [2.75, 3.05) is 38.3 Å². The molecule has 0 aliphatic heterocycles. The zero-order valence-electron chi connectivity index (χ0n) is 21.1. The van der Waals surface area contributed by atoms with E-state index in [4.69, 9.17) is 14.2 Å². The van der Waals surface area contributed by atoms with E-state index in [2.05, 4.69) is 24.9 Å². The van der Waals surface area contributed by atoms with E-state index in [-0.39, 0.29) is 12.5 Å². The molecule has 0 atom stereocenters. The Morgan fingerprint density at radius 1 is 1.00 bits per heavy atom. The maximum atomic E-state index is 14.3. The molecule has 0 fully saturated rings. The maximum Gasteiger partial charge on any atom is 0.341 e. The molecule has 10 nitrogen and oxygen atoms in total. The summed E-state index contributed by atoms with van der Waals surface area (Å²) in [5, 5.41) is 0.788. The second kappa shape index (κ2) is 11.5. The van der Waals surface area contributed by atoms with Gasteiger partial charge >= 0.3 is 5.97 Å². The van der Waals surface area contributed by atoms with Gasteiger partial charge in [-0.15, -0.1) is 0 Å². The van der Waals surface area contributed by atoms with Gasteiger partial charge in [-0.3, -0.25) is 0 Å². The van der Waals surface area contributed by atoms with Crippen LogP contribution in [0.25, 0.3) is 22.0 Å². The van der Waals surface area contributed by atoms with E-state index in [1.165, 1.54) is 31.9 Å². The van der Waals surface area contributed by atoms with Crippen LogP contribution in [-0.2, 0) is 4.74 Å². The number of halogens is 1. The summed E-state index contributed by atoms with van der Waals surface area (Å²) >= 11 is 0. The number of carbonyl (C=O) groups excluding carboxylic acids is 1. The number of anilines is 1. The normalized spacial score (nSPS) is 10.8. The van der Waals surface area contributed by atoms with E-state index in [1.54, 1.807) is 19.2 Å². The first-order valence-electron chi connectivity index (χ1n) is 11.8. The molecule has 4 aromatic rings. The van der Waals surface area contributed by atoms with Crippen molar-refractivity contribution in [3.05, 3.63) is 60.2 Å². The minimum absolute atomic E-state index is 0.0716. The lowest BCUT2D eigenvalue weighted by atomic mass is 10.0. The van der Waals surface area contributed by atoms with Gasteiger partial charge in [-0.2, -0.15) is 0 Å². The molecule has 192 valence electrons. The summed E-state index contributed by atoms with van der Waals surface area (Å²) in [5.74, 6) is -0.0927. The molecule has 37 heavy (non-hydrogen) atoms. The Morgan fingerprint density at radius 2 is 1.78 bits per heavy atom. The van der Waals surface area contributed by atoms with E-state index in [9.17, 15) is 9.18 Å². The number of aromatic nitrogens is 5. The number of methoxy groups -OCH3 is 1. The van der Waals surface area contributed by atoms with Crippen LogP contribution in [0.5, 0.6) is 11.6 Å². The minimum atomic E-state index is -0.559. The third-order valence-electron chi connectivity index (χ3n) is 5.67. The predicted molar refractivity (Wildman–Crippen MR) is 135 cm³/mol. The summed E-state index contributed by atoms with van der Waals surface area (Å²) in [7, 11) is 1.37. The number of nitrogens with zero attached hydrogens (tertiary/aromatic N) is 6. The molecule has 0 unspecified atom stereocenters. The lowest BCUT2D eigenvalue weighted by Crippen LogP contribution is -2.29. The van der Waals surface area contributed by atoms with Crippen molar-refractivity contribution in [3.8, 4) is 22.8 Å². The first kappa shape index (κ1) is 25.7. The molecule has 0 saturated carbocycles. The zero-order valence-corrected chi connectivity index (χ0v) is 21.1. The molecule has 0 bridgehead atoms. The molecule has 3 heterocycles. The van der Waals surface area contributed by atoms with Crippen LogP contribution in [0.2, 0.25) is 0 Å². The molecule has 0 amide bonds. The van der Waals surface area contributed by atoms with Crippen molar-refractivity contribution in [2.24, 2.45) is 0 Å². The standard InChI is InChI=1S/C26H27FN6O4/c1-5-33(26-29-13-19(14-30-26)25(34)36-6-2)7-8-37-22-11-17(9-20-16(3)31-15-32-23(20)22)18-10-21(27)24(35-4)28-12-18/h9-15H,5-8H2,1-4H3. The Morgan fingerprint density at radius 3 is 2.46 bits per heavy atom. The van der Waals surface area contributed by atoms with Crippen molar-refractivity contribution in [1.29, 1.82) is 0 Å². The summed E-state index contributed by atoms with van der Waals surface area (Å²) in [6, 6.07) is 5.06. The van der Waals surface area contributed by atoms with Crippen LogP contribution in [0, 0.1) is 12.7 Å². The third-order valence-corrected chi connectivity index (χ3v) is 5.67. The molecule has 11 heteroatoms. The second-order valence-electron chi connectivity index (χ2n) is 7.97. The largest absolute Gasteiger partial charge is 0.489 e. The molecule has 0 spiro atoms. The van der Waals surface area contributed by atoms with Crippen LogP contribution in [0.3, 0.4) is 0 Å². The Kier molecular flexibility index (Phi) is 8.02. The molecule has 4 rings (SSSR count). The Balaban J connectivity index is 1.56. The fraction of sp³-hybridized carbons (Fsp3) is 0.308. The fourth-order valence-corrected chi connectivity index (χ4v) is 3.74. The molecular formula is C26H27FN6O4. The number of aryl methyl sites for hydroxylation is 1. The predicted octanol–water partition coefficient (Wildman–Crippen LogP) is 4.02. The Labute approximate surface area is 213 Å². The number of esters is 1. The second-order valence-corrected chi connectivity index (χ2v) is 7.97. The molecule has 0 N–H and O–H groups in total. The summed E-state index contributed by atoms with van der Waals surface area (Å²) in [6.07, 6.45) is 5.92. The van der Waals surface area contributed by atoms with Crippen LogP contribution in [0.15, 0.2) is 43.1 Å². The van der Waals surface area contributed by atoms with Gasteiger partial charge in [0, 0.05) is 41.8 Å². The molecule has 1 aromatic carbocycles. The molecule has 0 aliphatic carbocycles. The molecule has 3 aromatic heterocycles. The number of benzene rings is 1. The average Bonchev–Trinajstić information content (AvgIpc) is 2.91. The van der Waals surface area contributed by atoms with Crippen LogP contribution in [-0.4, -0.2) is 64.3 Å². The van der Waals surface area contributed by atoms with Crippen molar-refractivity contribution in [2.45, 2.75) is 20.8 Å². The highest BCUT2D eigenvalue weighted by Gasteiger charge is 2.15. The van der Waals surface area contributed by atoms with Gasteiger partial charge in [-0.25, -0.2) is 34.1 Å². The number of pyridine rings is 1. The van der Waals surface area contributed by atoms with Crippen molar-refractivity contribution in [1.82, 2.24) is 24.9 Å². The fourth-order valence-electron chi connectivity index (χ4n) is 3.74. The van der Waals surface area contributed by atoms with Gasteiger partial charge < -0.3 is 19.1 Å². The van der Waals surface area contributed by atoms with Gasteiger partial charge in [-0.05, 0) is 44.5 Å². The Hall–Kier alpha value is -4.41. The van der Waals surface area contributed by atoms with Crippen molar-refractivity contribution >= 4 is 22.8 Å². The SMILES string of the molecule is CCOC(=O)c1cnc(N(CC)CCOc2cc(-c3cnc(OC)c(F)c3)cc3c(C)ncnc23)nc1. The highest BCUT2D eigenvalue weighted by Crippen LogP contribution is 2.33. The van der Waals surface area contributed by atoms with E-state index in [0.29, 0.717) is 53.6 Å². The summed E-state index contributed by atoms with van der Waals surface area (Å²) in [5.41, 5.74) is 2.99. The first-order valence-corrected chi connectivity index (χ1v) is 11.8. The summed E-state index contributed by atoms with van der Waals surface area (Å²) in [4.78, 5) is 35.1. The molecular weight excluding hydrogens is 479 g/mol. The minimum Gasteiger partial charge on any atom is -0.489 e. The first-order chi connectivity index (χ1) is 17.9. The zero-order chi connectivity index (χ0) is 26.4. The van der Waals surface area contributed by atoms with E-state index < -0.39 is 11.8 Å². The van der Waals surface area contributed by atoms with Gasteiger partial charge in [0.1, 0.15) is 24.2 Å². The lowest BCUT2D eigenvalue weighted by molar-refractivity contribution is 0.0525. The number of hydrogen-bond acceptors (Lipinski definition) is 10. The summed E-state index contributed by atoms with van der Waals surface area (Å²) < 4.78 is 30.4. The van der Waals surface area contributed by atoms with Crippen LogP contribution in [0.1, 0.15) is 29.9 Å². The maximum absolute atomic E-state index is 14.3. The van der Waals surface area contributed by atoms with Gasteiger partial charge in [0.25, 0.3) is 0 Å². The highest BCUT2D eigenvalue weighted by atomic mass is 19.1. The number of rotatable bonds is 10. The molecule has 0 radical (unpaired) electrons. The number of fused-ring (bicyclic) bond motifs is 1. The quantitative estimate of drug-likeness (QED) is 0.292. The van der Waals surface area contributed by atoms with Gasteiger partial charge in [-0.1, -0.05) is 0 Å². The van der Waals surface area contributed by atoms with E-state index in [1.807, 2.05) is 24.8 Å².